The molecule has 0 heterocycles. The largest absolute Gasteiger partial charge is 0.548 e. The number of carboxylic acids is 1. The fourth-order valence-corrected chi connectivity index (χ4v) is 2.81. The number of carbonyl (C=O) groups is 3. The summed E-state index contributed by atoms with van der Waals surface area (Å²) in [6.07, 6.45) is 2.83. The molecule has 0 spiro atoms. The van der Waals surface area contributed by atoms with Crippen LogP contribution in [0, 0.1) is 5.82 Å². The first-order valence-corrected chi connectivity index (χ1v) is 9.65. The number of hydrogen-bond acceptors (Lipinski definition) is 5. The maximum atomic E-state index is 14.0. The monoisotopic (exact) mass is 401 g/mol. The molecule has 0 saturated carbocycles. The van der Waals surface area contributed by atoms with E-state index in [4.69, 9.17) is 0 Å². The SMILES string of the molecule is CSC[C@H](NC(=O)/C(=C/c1ccccc1F)NC(=O)c1ccccc1)C(=O)[O-]. The van der Waals surface area contributed by atoms with Crippen LogP contribution in [0.5, 0.6) is 0 Å². The fraction of sp³-hybridized carbons (Fsp3) is 0.150. The van der Waals surface area contributed by atoms with E-state index in [-0.39, 0.29) is 22.6 Å². The predicted molar refractivity (Wildman–Crippen MR) is 104 cm³/mol. The van der Waals surface area contributed by atoms with E-state index in [9.17, 15) is 23.9 Å². The van der Waals surface area contributed by atoms with Crippen molar-refractivity contribution in [1.82, 2.24) is 10.6 Å². The molecule has 2 aromatic carbocycles. The van der Waals surface area contributed by atoms with Crippen molar-refractivity contribution in [2.24, 2.45) is 0 Å². The third-order valence-electron chi connectivity index (χ3n) is 3.66. The van der Waals surface area contributed by atoms with Crippen molar-refractivity contribution in [1.29, 1.82) is 0 Å². The molecule has 2 N–H and O–H groups in total. The number of thioether (sulfide) groups is 1. The Kier molecular flexibility index (Phi) is 7.76. The van der Waals surface area contributed by atoms with Gasteiger partial charge >= 0.3 is 0 Å². The molecule has 0 aromatic heterocycles. The maximum absolute atomic E-state index is 14.0. The molecular weight excluding hydrogens is 383 g/mol. The Morgan fingerprint density at radius 1 is 1.11 bits per heavy atom. The molecule has 0 unspecified atom stereocenters. The molecule has 0 aliphatic carbocycles. The van der Waals surface area contributed by atoms with Crippen LogP contribution in [-0.4, -0.2) is 35.8 Å². The number of aliphatic carboxylic acids is 1. The lowest BCUT2D eigenvalue weighted by atomic mass is 10.1. The second-order valence-corrected chi connectivity index (χ2v) is 6.61. The number of carbonyl (C=O) groups excluding carboxylic acids is 3. The number of halogens is 1. The molecule has 0 radical (unpaired) electrons. The lowest BCUT2D eigenvalue weighted by molar-refractivity contribution is -0.307. The molecule has 0 aliphatic heterocycles. The minimum absolute atomic E-state index is 0.0656. The number of rotatable bonds is 8. The van der Waals surface area contributed by atoms with Crippen molar-refractivity contribution < 1.29 is 23.9 Å². The summed E-state index contributed by atoms with van der Waals surface area (Å²) < 4.78 is 14.0. The second kappa shape index (κ2) is 10.3. The summed E-state index contributed by atoms with van der Waals surface area (Å²) in [4.78, 5) is 36.2. The third kappa shape index (κ3) is 5.95. The molecule has 8 heteroatoms. The van der Waals surface area contributed by atoms with Crippen LogP contribution in [0.3, 0.4) is 0 Å². The van der Waals surface area contributed by atoms with Gasteiger partial charge in [0, 0.05) is 16.9 Å². The number of hydrogen-bond donors (Lipinski definition) is 2. The zero-order chi connectivity index (χ0) is 20.5. The van der Waals surface area contributed by atoms with Crippen molar-refractivity contribution in [3.05, 3.63) is 77.2 Å². The van der Waals surface area contributed by atoms with Gasteiger partial charge in [-0.2, -0.15) is 11.8 Å². The zero-order valence-electron chi connectivity index (χ0n) is 15.0. The third-order valence-corrected chi connectivity index (χ3v) is 4.32. The van der Waals surface area contributed by atoms with Crippen molar-refractivity contribution in [2.75, 3.05) is 12.0 Å². The van der Waals surface area contributed by atoms with E-state index >= 15 is 0 Å². The van der Waals surface area contributed by atoms with Gasteiger partial charge in [0.25, 0.3) is 11.8 Å². The van der Waals surface area contributed by atoms with Crippen molar-refractivity contribution >= 4 is 35.6 Å². The number of benzene rings is 2. The van der Waals surface area contributed by atoms with Crippen molar-refractivity contribution in [3.8, 4) is 0 Å². The van der Waals surface area contributed by atoms with Crippen LogP contribution in [0.2, 0.25) is 0 Å². The van der Waals surface area contributed by atoms with Crippen LogP contribution >= 0.6 is 11.8 Å². The number of nitrogens with one attached hydrogen (secondary N) is 2. The summed E-state index contributed by atoms with van der Waals surface area (Å²) in [6, 6.07) is 12.6. The molecule has 0 fully saturated rings. The highest BCUT2D eigenvalue weighted by molar-refractivity contribution is 7.98. The van der Waals surface area contributed by atoms with Crippen LogP contribution in [0.4, 0.5) is 4.39 Å². The first kappa shape index (κ1) is 21.2. The Morgan fingerprint density at radius 3 is 2.36 bits per heavy atom. The molecule has 0 aliphatic rings. The van der Waals surface area contributed by atoms with Gasteiger partial charge in [0.05, 0.1) is 12.0 Å². The molecule has 2 rings (SSSR count). The van der Waals surface area contributed by atoms with Crippen LogP contribution in [0.25, 0.3) is 6.08 Å². The molecule has 1 atom stereocenters. The number of carboxylic acid groups (broad SMARTS) is 1. The molecular formula is C20H18FN2O4S-. The Morgan fingerprint density at radius 2 is 1.75 bits per heavy atom. The zero-order valence-corrected chi connectivity index (χ0v) is 15.8. The van der Waals surface area contributed by atoms with Gasteiger partial charge in [-0.15, -0.1) is 0 Å². The highest BCUT2D eigenvalue weighted by atomic mass is 32.2. The normalized spacial score (nSPS) is 12.1. The van der Waals surface area contributed by atoms with Gasteiger partial charge < -0.3 is 20.5 Å². The lowest BCUT2D eigenvalue weighted by Gasteiger charge is -2.20. The molecule has 28 heavy (non-hydrogen) atoms. The van der Waals surface area contributed by atoms with E-state index in [1.165, 1.54) is 30.0 Å². The molecule has 0 saturated heterocycles. The quantitative estimate of drug-likeness (QED) is 0.648. The first-order valence-electron chi connectivity index (χ1n) is 8.25. The number of amides is 2. The van der Waals surface area contributed by atoms with Gasteiger partial charge in [-0.3, -0.25) is 9.59 Å². The van der Waals surface area contributed by atoms with Crippen LogP contribution in [0.15, 0.2) is 60.3 Å². The molecule has 0 bridgehead atoms. The second-order valence-electron chi connectivity index (χ2n) is 5.70. The van der Waals surface area contributed by atoms with Crippen LogP contribution in [-0.2, 0) is 9.59 Å². The summed E-state index contributed by atoms with van der Waals surface area (Å²) in [5.41, 5.74) is 0.0671. The summed E-state index contributed by atoms with van der Waals surface area (Å²) in [6.45, 7) is 0. The molecule has 146 valence electrons. The Hall–Kier alpha value is -3.13. The Balaban J connectivity index is 2.33. The van der Waals surface area contributed by atoms with Crippen LogP contribution in [0.1, 0.15) is 15.9 Å². The van der Waals surface area contributed by atoms with E-state index < -0.39 is 29.6 Å². The average Bonchev–Trinajstić information content (AvgIpc) is 2.69. The minimum atomic E-state index is -1.46. The van der Waals surface area contributed by atoms with Crippen molar-refractivity contribution in [3.63, 3.8) is 0 Å². The highest BCUT2D eigenvalue weighted by Crippen LogP contribution is 2.12. The van der Waals surface area contributed by atoms with Gasteiger partial charge in [0.1, 0.15) is 11.5 Å². The Labute approximate surface area is 165 Å². The van der Waals surface area contributed by atoms with E-state index in [0.29, 0.717) is 0 Å². The Bertz CT molecular complexity index is 887. The highest BCUT2D eigenvalue weighted by Gasteiger charge is 2.19. The van der Waals surface area contributed by atoms with Gasteiger partial charge in [-0.05, 0) is 30.5 Å². The van der Waals surface area contributed by atoms with Gasteiger partial charge in [0.15, 0.2) is 0 Å². The van der Waals surface area contributed by atoms with Crippen molar-refractivity contribution in [2.45, 2.75) is 6.04 Å². The van der Waals surface area contributed by atoms with E-state index in [0.717, 1.165) is 6.08 Å². The summed E-state index contributed by atoms with van der Waals surface area (Å²) >= 11 is 1.21. The minimum Gasteiger partial charge on any atom is -0.548 e. The van der Waals surface area contributed by atoms with Crippen LogP contribution < -0.4 is 15.7 Å². The maximum Gasteiger partial charge on any atom is 0.268 e. The van der Waals surface area contributed by atoms with Gasteiger partial charge in [0.2, 0.25) is 0 Å². The van der Waals surface area contributed by atoms with E-state index in [1.807, 2.05) is 0 Å². The topological polar surface area (TPSA) is 98.3 Å². The molecule has 2 aromatic rings. The average molecular weight is 401 g/mol. The lowest BCUT2D eigenvalue weighted by Crippen LogP contribution is -2.51. The first-order chi connectivity index (χ1) is 13.4. The smallest absolute Gasteiger partial charge is 0.268 e. The fourth-order valence-electron chi connectivity index (χ4n) is 2.26. The van der Waals surface area contributed by atoms with Gasteiger partial charge in [-0.25, -0.2) is 4.39 Å². The molecule has 6 nitrogen and oxygen atoms in total. The summed E-state index contributed by atoms with van der Waals surface area (Å²) in [5.74, 6) is -3.43. The standard InChI is InChI=1S/C20H19FN2O4S/c1-28-12-17(20(26)27)23-19(25)16(11-14-9-5-6-10-15(14)21)22-18(24)13-7-3-2-4-8-13/h2-11,17H,12H2,1H3,(H,22,24)(H,23,25)(H,26,27)/p-1/b16-11-/t17-/m0/s1. The van der Waals surface area contributed by atoms with E-state index in [1.54, 1.807) is 42.7 Å². The summed E-state index contributed by atoms with van der Waals surface area (Å²) in [7, 11) is 0. The van der Waals surface area contributed by atoms with Gasteiger partial charge in [-0.1, -0.05) is 36.4 Å². The molecule has 2 amide bonds. The predicted octanol–water partition coefficient (Wildman–Crippen LogP) is 1.19. The van der Waals surface area contributed by atoms with E-state index in [2.05, 4.69) is 10.6 Å². The summed E-state index contributed by atoms with van der Waals surface area (Å²) in [5, 5.41) is 15.9.